The van der Waals surface area contributed by atoms with E-state index in [2.05, 4.69) is 16.0 Å². The number of anilines is 1. The van der Waals surface area contributed by atoms with Crippen LogP contribution in [0.15, 0.2) is 66.7 Å². The van der Waals surface area contributed by atoms with E-state index in [-0.39, 0.29) is 60.8 Å². The van der Waals surface area contributed by atoms with Gasteiger partial charge >= 0.3 is 6.09 Å². The molecule has 1 saturated heterocycles. The molecule has 1 fully saturated rings. The number of imide groups is 1. The van der Waals surface area contributed by atoms with Gasteiger partial charge in [0.2, 0.25) is 29.5 Å². The van der Waals surface area contributed by atoms with Crippen LogP contribution in [-0.4, -0.2) is 145 Å². The van der Waals surface area contributed by atoms with Crippen molar-refractivity contribution in [1.29, 1.82) is 0 Å². The summed E-state index contributed by atoms with van der Waals surface area (Å²) in [7, 11) is 6.25. The van der Waals surface area contributed by atoms with Crippen LogP contribution in [-0.2, 0) is 56.0 Å². The number of hydrogen-bond donors (Lipinski definition) is 4. The smallest absolute Gasteiger partial charge is 0.405 e. The van der Waals surface area contributed by atoms with Crippen molar-refractivity contribution < 1.29 is 52.9 Å². The van der Waals surface area contributed by atoms with Crippen molar-refractivity contribution in [2.24, 2.45) is 17.8 Å². The lowest BCUT2D eigenvalue weighted by Gasteiger charge is -2.40. The summed E-state index contributed by atoms with van der Waals surface area (Å²) >= 11 is 0. The molecule has 2 aromatic carbocycles. The van der Waals surface area contributed by atoms with Crippen LogP contribution in [0.2, 0.25) is 0 Å². The average Bonchev–Trinajstić information content (AvgIpc) is 3.96. The summed E-state index contributed by atoms with van der Waals surface area (Å²) in [6.07, 6.45) is 4.02. The molecule has 0 unspecified atom stereocenters. The van der Waals surface area contributed by atoms with Crippen LogP contribution in [0.25, 0.3) is 0 Å². The first-order valence-electron chi connectivity index (χ1n) is 24.4. The predicted octanol–water partition coefficient (Wildman–Crippen LogP) is 4.69. The number of ether oxygens (including phenoxy) is 2. The molecule has 0 bridgehead atoms. The number of hydrogen-bond acceptors (Lipinski definition) is 10. The Morgan fingerprint density at radius 2 is 1.49 bits per heavy atom. The van der Waals surface area contributed by atoms with Crippen molar-refractivity contribution in [3.8, 4) is 0 Å². The van der Waals surface area contributed by atoms with E-state index < -0.39 is 60.2 Å². The third-order valence-corrected chi connectivity index (χ3v) is 13.7. The molecule has 0 aliphatic carbocycles. The van der Waals surface area contributed by atoms with E-state index in [1.807, 2.05) is 56.3 Å². The Balaban J connectivity index is 1.40. The van der Waals surface area contributed by atoms with E-state index in [0.717, 1.165) is 11.1 Å². The molecule has 0 spiro atoms. The number of rotatable bonds is 27. The maximum atomic E-state index is 14.3. The Morgan fingerprint density at radius 3 is 2.07 bits per heavy atom. The molecular formula is C52H75N7O11. The second-order valence-electron chi connectivity index (χ2n) is 18.8. The molecule has 4 N–H and O–H groups in total. The molecule has 0 radical (unpaired) electrons. The predicted molar refractivity (Wildman–Crippen MR) is 264 cm³/mol. The lowest BCUT2D eigenvalue weighted by atomic mass is 9.89. The van der Waals surface area contributed by atoms with E-state index in [4.69, 9.17) is 9.47 Å². The molecule has 2 heterocycles. The molecule has 0 saturated carbocycles. The van der Waals surface area contributed by atoms with Gasteiger partial charge in [0, 0.05) is 78.6 Å². The zero-order chi connectivity index (χ0) is 51.7. The maximum absolute atomic E-state index is 14.3. The summed E-state index contributed by atoms with van der Waals surface area (Å²) in [6.45, 7) is 10.2. The molecule has 8 amide bonds. The second-order valence-corrected chi connectivity index (χ2v) is 18.8. The molecule has 18 heteroatoms. The third kappa shape index (κ3) is 15.4. The number of nitrogens with one attached hydrogen (secondary N) is 3. The number of carboxylic acid groups (broad SMARTS) is 1. The molecule has 2 aliphatic heterocycles. The van der Waals surface area contributed by atoms with Gasteiger partial charge < -0.3 is 45.2 Å². The van der Waals surface area contributed by atoms with Gasteiger partial charge in [0.15, 0.2) is 0 Å². The largest absolute Gasteiger partial charge is 0.465 e. The van der Waals surface area contributed by atoms with Crippen molar-refractivity contribution in [2.75, 3.05) is 46.3 Å². The van der Waals surface area contributed by atoms with Gasteiger partial charge in [0.25, 0.3) is 11.8 Å². The Kier molecular flexibility index (Phi) is 22.0. The van der Waals surface area contributed by atoms with Crippen molar-refractivity contribution in [3.05, 3.63) is 77.9 Å². The Bertz CT molecular complexity index is 2120. The van der Waals surface area contributed by atoms with E-state index in [9.17, 15) is 43.5 Å². The monoisotopic (exact) mass is 974 g/mol. The van der Waals surface area contributed by atoms with E-state index in [1.54, 1.807) is 51.9 Å². The summed E-state index contributed by atoms with van der Waals surface area (Å²) in [4.78, 5) is 110. The number of amides is 8. The minimum Gasteiger partial charge on any atom is -0.465 e. The van der Waals surface area contributed by atoms with Crippen LogP contribution < -0.4 is 20.9 Å². The summed E-state index contributed by atoms with van der Waals surface area (Å²) in [6, 6.07) is 13.6. The fraction of sp³-hybridized carbons (Fsp3) is 0.577. The Labute approximate surface area is 412 Å². The van der Waals surface area contributed by atoms with Crippen LogP contribution in [0, 0.1) is 17.8 Å². The van der Waals surface area contributed by atoms with E-state index in [1.165, 1.54) is 41.1 Å². The lowest BCUT2D eigenvalue weighted by Crippen LogP contribution is -2.57. The highest BCUT2D eigenvalue weighted by Gasteiger charge is 2.43. The number of carbonyl (C=O) groups is 8. The van der Waals surface area contributed by atoms with Crippen molar-refractivity contribution in [1.82, 2.24) is 30.7 Å². The molecule has 8 atom stereocenters. The number of nitrogens with zero attached hydrogens (tertiary/aromatic N) is 4. The van der Waals surface area contributed by atoms with Crippen LogP contribution in [0.4, 0.5) is 10.5 Å². The van der Waals surface area contributed by atoms with Crippen molar-refractivity contribution >= 4 is 53.1 Å². The topological polar surface area (TPSA) is 224 Å². The standard InChI is InChI=1S/C52H75N7O11/c1-10-34(4)47(57(7)51(66)46(33(2)3)55-52(67)68)41(69-8)31-45(63)58-29-17-20-40(58)48(70-9)35(5)49(64)54-39(30-36-18-13-11-14-19-36)50(65)56(6)38-24-22-37(23-25-38)32-53-42(60)21-15-12-16-28-59-43(61)26-27-44(59)62/h11,13-14,18-19,22-27,33-35,39-41,46-48,55H,10,12,15-17,20-21,28-32H2,1-9H3,(H,53,60)(H,54,64)(H,67,68)/t34-,35+,39-,40-,41-,46-,47-,48+/m0/s1. The molecule has 18 nitrogen and oxygen atoms in total. The number of likely N-dealkylation sites (N-methyl/N-ethyl adjacent to an activating group) is 2. The molecule has 384 valence electrons. The van der Waals surface area contributed by atoms with Crippen molar-refractivity contribution in [2.45, 2.75) is 135 Å². The zero-order valence-electron chi connectivity index (χ0n) is 42.4. The molecule has 0 aromatic heterocycles. The van der Waals surface area contributed by atoms with Gasteiger partial charge in [-0.3, -0.25) is 38.5 Å². The summed E-state index contributed by atoms with van der Waals surface area (Å²) in [5.74, 6) is -3.40. The van der Waals surface area contributed by atoms with Crippen molar-refractivity contribution in [3.63, 3.8) is 0 Å². The molecular weight excluding hydrogens is 899 g/mol. The average molecular weight is 974 g/mol. The summed E-state index contributed by atoms with van der Waals surface area (Å²) in [5.41, 5.74) is 2.25. The number of likely N-dealkylation sites (tertiary alicyclic amines) is 1. The third-order valence-electron chi connectivity index (χ3n) is 13.7. The normalized spacial score (nSPS) is 17.6. The highest BCUT2D eigenvalue weighted by Crippen LogP contribution is 2.30. The second kappa shape index (κ2) is 27.3. The maximum Gasteiger partial charge on any atom is 0.405 e. The SMILES string of the molecule is CC[C@H](C)[C@@H]([C@H](CC(=O)N1CCC[C@H]1[C@H](OC)[C@@H](C)C(=O)N[C@@H](Cc1ccccc1)C(=O)N(C)c1ccc(CNC(=O)CCCCCN2C(=O)C=CC2=O)cc1)OC)N(C)C(=O)[C@@H](NC(=O)O)C(C)C. The first kappa shape index (κ1) is 56.4. The number of unbranched alkanes of at least 4 members (excludes halogenated alkanes) is 2. The van der Waals surface area contributed by atoms with Crippen LogP contribution in [0.1, 0.15) is 97.1 Å². The number of benzene rings is 2. The number of methoxy groups -OCH3 is 2. The molecule has 2 aromatic rings. The van der Waals surface area contributed by atoms with Crippen LogP contribution in [0.3, 0.4) is 0 Å². The van der Waals surface area contributed by atoms with Crippen LogP contribution >= 0.6 is 0 Å². The summed E-state index contributed by atoms with van der Waals surface area (Å²) < 4.78 is 12.0. The van der Waals surface area contributed by atoms with Gasteiger partial charge in [-0.1, -0.05) is 89.9 Å². The lowest BCUT2D eigenvalue weighted by molar-refractivity contribution is -0.147. The van der Waals surface area contributed by atoms with Crippen LogP contribution in [0.5, 0.6) is 0 Å². The van der Waals surface area contributed by atoms with Gasteiger partial charge in [-0.05, 0) is 60.8 Å². The zero-order valence-corrected chi connectivity index (χ0v) is 42.4. The van der Waals surface area contributed by atoms with Gasteiger partial charge in [-0.15, -0.1) is 0 Å². The molecule has 70 heavy (non-hydrogen) atoms. The fourth-order valence-corrected chi connectivity index (χ4v) is 9.40. The molecule has 2 aliphatic rings. The Hall–Kier alpha value is -6.14. The fourth-order valence-electron chi connectivity index (χ4n) is 9.40. The van der Waals surface area contributed by atoms with Gasteiger partial charge in [0.1, 0.15) is 12.1 Å². The highest BCUT2D eigenvalue weighted by molar-refractivity contribution is 6.12. The minimum atomic E-state index is -1.31. The first-order chi connectivity index (χ1) is 33.3. The highest BCUT2D eigenvalue weighted by atomic mass is 16.5. The van der Waals surface area contributed by atoms with E-state index in [0.29, 0.717) is 63.7 Å². The summed E-state index contributed by atoms with van der Waals surface area (Å²) in [5, 5.41) is 17.7. The molecule has 4 rings (SSSR count). The van der Waals surface area contributed by atoms with E-state index >= 15 is 0 Å². The van der Waals surface area contributed by atoms with Gasteiger partial charge in [0.05, 0.1) is 36.6 Å². The van der Waals surface area contributed by atoms with Gasteiger partial charge in [-0.25, -0.2) is 4.79 Å². The quantitative estimate of drug-likeness (QED) is 0.0710. The number of carbonyl (C=O) groups excluding carboxylic acids is 7. The van der Waals surface area contributed by atoms with Gasteiger partial charge in [-0.2, -0.15) is 0 Å². The first-order valence-corrected chi connectivity index (χ1v) is 24.4. The Morgan fingerprint density at radius 1 is 0.829 bits per heavy atom. The minimum absolute atomic E-state index is 0.0698.